The van der Waals surface area contributed by atoms with Gasteiger partial charge >= 0.3 is 5.97 Å². The van der Waals surface area contributed by atoms with Crippen LogP contribution in [0.25, 0.3) is 11.4 Å². The van der Waals surface area contributed by atoms with Gasteiger partial charge < -0.3 is 9.47 Å². The molecule has 0 aliphatic rings. The summed E-state index contributed by atoms with van der Waals surface area (Å²) in [5, 5.41) is 0. The molecule has 0 spiro atoms. The number of halogens is 2. The Bertz CT molecular complexity index is 845. The first kappa shape index (κ1) is 19.7. The predicted molar refractivity (Wildman–Crippen MR) is 91.1 cm³/mol. The topological polar surface area (TPSA) is 70.4 Å². The van der Waals surface area contributed by atoms with E-state index in [0.717, 1.165) is 18.2 Å². The van der Waals surface area contributed by atoms with Crippen LogP contribution in [0.1, 0.15) is 29.9 Å². The Kier molecular flexibility index (Phi) is 6.57. The smallest absolute Gasteiger partial charge is 0.345 e. The Morgan fingerprint density at radius 2 is 1.85 bits per heavy atom. The lowest BCUT2D eigenvalue weighted by Crippen LogP contribution is -2.33. The van der Waals surface area contributed by atoms with Gasteiger partial charge in [-0.1, -0.05) is 6.92 Å². The average Bonchev–Trinajstić information content (AvgIpc) is 2.59. The van der Waals surface area contributed by atoms with Crippen LogP contribution in [0.15, 0.2) is 23.0 Å². The highest BCUT2D eigenvalue weighted by Gasteiger charge is 2.23. The van der Waals surface area contributed by atoms with Crippen molar-refractivity contribution in [3.8, 4) is 11.4 Å². The molecule has 6 nitrogen and oxygen atoms in total. The third-order valence-electron chi connectivity index (χ3n) is 3.70. The molecule has 26 heavy (non-hydrogen) atoms. The molecule has 1 aromatic heterocycles. The standard InChI is InChI=1S/C18H20F2N2O4/c1-4-14-15(18(24)26-5-2)17(23)22(6-7-25-3)16(21-14)11-8-12(19)10-13(20)9-11/h8-10H,4-7H2,1-3H3. The number of methoxy groups -OCH3 is 1. The van der Waals surface area contributed by atoms with Crippen molar-refractivity contribution in [2.75, 3.05) is 20.3 Å². The number of nitrogens with zero attached hydrogens (tertiary/aromatic N) is 2. The molecule has 1 aromatic carbocycles. The Morgan fingerprint density at radius 3 is 2.38 bits per heavy atom. The number of ether oxygens (including phenoxy) is 2. The van der Waals surface area contributed by atoms with Crippen LogP contribution < -0.4 is 5.56 Å². The molecule has 0 unspecified atom stereocenters. The van der Waals surface area contributed by atoms with E-state index < -0.39 is 23.2 Å². The van der Waals surface area contributed by atoms with Crippen molar-refractivity contribution < 1.29 is 23.0 Å². The second-order valence-electron chi connectivity index (χ2n) is 5.44. The van der Waals surface area contributed by atoms with Gasteiger partial charge in [-0.2, -0.15) is 0 Å². The summed E-state index contributed by atoms with van der Waals surface area (Å²) in [5.41, 5.74) is -0.499. The van der Waals surface area contributed by atoms with E-state index in [1.165, 1.54) is 11.7 Å². The van der Waals surface area contributed by atoms with Crippen LogP contribution in [-0.2, 0) is 22.4 Å². The SMILES string of the molecule is CCOC(=O)c1c(CC)nc(-c2cc(F)cc(F)c2)n(CCOC)c1=O. The number of carbonyl (C=O) groups excluding carboxylic acids is 1. The summed E-state index contributed by atoms with van der Waals surface area (Å²) in [7, 11) is 1.45. The number of carbonyl (C=O) groups is 1. The minimum Gasteiger partial charge on any atom is -0.462 e. The molecule has 0 bridgehead atoms. The maximum absolute atomic E-state index is 13.6. The van der Waals surface area contributed by atoms with E-state index in [9.17, 15) is 18.4 Å². The van der Waals surface area contributed by atoms with E-state index in [-0.39, 0.29) is 48.8 Å². The van der Waals surface area contributed by atoms with Crippen molar-refractivity contribution >= 4 is 5.97 Å². The highest BCUT2D eigenvalue weighted by Crippen LogP contribution is 2.21. The van der Waals surface area contributed by atoms with Crippen molar-refractivity contribution in [1.82, 2.24) is 9.55 Å². The predicted octanol–water partition coefficient (Wildman–Crippen LogP) is 2.57. The Labute approximate surface area is 149 Å². The fraction of sp³-hybridized carbons (Fsp3) is 0.389. The van der Waals surface area contributed by atoms with Crippen LogP contribution in [-0.4, -0.2) is 35.8 Å². The summed E-state index contributed by atoms with van der Waals surface area (Å²) in [4.78, 5) is 29.4. The number of esters is 1. The zero-order chi connectivity index (χ0) is 19.3. The van der Waals surface area contributed by atoms with Gasteiger partial charge in [0.15, 0.2) is 0 Å². The van der Waals surface area contributed by atoms with Crippen LogP contribution in [0.3, 0.4) is 0 Å². The lowest BCUT2D eigenvalue weighted by molar-refractivity contribution is 0.0521. The van der Waals surface area contributed by atoms with E-state index in [0.29, 0.717) is 0 Å². The normalized spacial score (nSPS) is 10.8. The highest BCUT2D eigenvalue weighted by molar-refractivity contribution is 5.90. The van der Waals surface area contributed by atoms with Crippen molar-refractivity contribution in [2.24, 2.45) is 0 Å². The third-order valence-corrected chi connectivity index (χ3v) is 3.70. The number of aryl methyl sites for hydroxylation is 1. The van der Waals surface area contributed by atoms with Gasteiger partial charge in [0.25, 0.3) is 5.56 Å². The number of benzene rings is 1. The Hall–Kier alpha value is -2.61. The summed E-state index contributed by atoms with van der Waals surface area (Å²) < 4.78 is 38.4. The Balaban J connectivity index is 2.76. The maximum atomic E-state index is 13.6. The lowest BCUT2D eigenvalue weighted by atomic mass is 10.1. The minimum atomic E-state index is -0.792. The van der Waals surface area contributed by atoms with Crippen molar-refractivity contribution in [3.63, 3.8) is 0 Å². The molecule has 140 valence electrons. The van der Waals surface area contributed by atoms with E-state index in [1.54, 1.807) is 13.8 Å². The van der Waals surface area contributed by atoms with Gasteiger partial charge in [-0.3, -0.25) is 9.36 Å². The molecule has 0 saturated carbocycles. The molecule has 0 fully saturated rings. The molecule has 0 atom stereocenters. The van der Waals surface area contributed by atoms with Crippen molar-refractivity contribution in [2.45, 2.75) is 26.8 Å². The molecule has 0 aliphatic heterocycles. The van der Waals surface area contributed by atoms with E-state index in [4.69, 9.17) is 9.47 Å². The summed E-state index contributed by atoms with van der Waals surface area (Å²) >= 11 is 0. The summed E-state index contributed by atoms with van der Waals surface area (Å²) in [6.07, 6.45) is 0.277. The molecule has 0 radical (unpaired) electrons. The van der Waals surface area contributed by atoms with Crippen LogP contribution in [0.4, 0.5) is 8.78 Å². The van der Waals surface area contributed by atoms with E-state index >= 15 is 0 Å². The van der Waals surface area contributed by atoms with E-state index in [2.05, 4.69) is 4.98 Å². The minimum absolute atomic E-state index is 0.0617. The zero-order valence-corrected chi connectivity index (χ0v) is 14.8. The molecule has 0 aliphatic carbocycles. The van der Waals surface area contributed by atoms with Gasteiger partial charge in [-0.05, 0) is 25.5 Å². The van der Waals surface area contributed by atoms with Gasteiger partial charge in [0.05, 0.1) is 25.5 Å². The number of hydrogen-bond acceptors (Lipinski definition) is 5. The van der Waals surface area contributed by atoms with Crippen molar-refractivity contribution in [3.05, 3.63) is 51.4 Å². The molecule has 0 saturated heterocycles. The van der Waals surface area contributed by atoms with Gasteiger partial charge in [-0.25, -0.2) is 18.6 Å². The first-order chi connectivity index (χ1) is 12.4. The van der Waals surface area contributed by atoms with Gasteiger partial charge in [-0.15, -0.1) is 0 Å². The highest BCUT2D eigenvalue weighted by atomic mass is 19.1. The summed E-state index contributed by atoms with van der Waals surface area (Å²) in [6, 6.07) is 2.89. The summed E-state index contributed by atoms with van der Waals surface area (Å²) in [5.74, 6) is -2.29. The number of rotatable bonds is 7. The molecule has 1 heterocycles. The van der Waals surface area contributed by atoms with Crippen LogP contribution in [0, 0.1) is 11.6 Å². The largest absolute Gasteiger partial charge is 0.462 e. The van der Waals surface area contributed by atoms with E-state index in [1.807, 2.05) is 0 Å². The fourth-order valence-electron chi connectivity index (χ4n) is 2.56. The van der Waals surface area contributed by atoms with Crippen LogP contribution in [0.2, 0.25) is 0 Å². The lowest BCUT2D eigenvalue weighted by Gasteiger charge is -2.16. The molecular formula is C18H20F2N2O4. The molecular weight excluding hydrogens is 346 g/mol. The van der Waals surface area contributed by atoms with Gasteiger partial charge in [0.2, 0.25) is 0 Å². The quantitative estimate of drug-likeness (QED) is 0.705. The fourth-order valence-corrected chi connectivity index (χ4v) is 2.56. The Morgan fingerprint density at radius 1 is 1.19 bits per heavy atom. The van der Waals surface area contributed by atoms with Crippen LogP contribution in [0.5, 0.6) is 0 Å². The zero-order valence-electron chi connectivity index (χ0n) is 14.8. The maximum Gasteiger partial charge on any atom is 0.345 e. The first-order valence-electron chi connectivity index (χ1n) is 8.19. The third kappa shape index (κ3) is 4.13. The van der Waals surface area contributed by atoms with Crippen molar-refractivity contribution in [1.29, 1.82) is 0 Å². The first-order valence-corrected chi connectivity index (χ1v) is 8.19. The van der Waals surface area contributed by atoms with Crippen LogP contribution >= 0.6 is 0 Å². The molecule has 2 rings (SSSR count). The molecule has 0 amide bonds. The molecule has 2 aromatic rings. The summed E-state index contributed by atoms with van der Waals surface area (Å²) in [6.45, 7) is 3.67. The van der Waals surface area contributed by atoms with Gasteiger partial charge in [0.1, 0.15) is 23.0 Å². The molecule has 0 N–H and O–H groups in total. The van der Waals surface area contributed by atoms with Gasteiger partial charge in [0, 0.05) is 18.7 Å². The number of hydrogen-bond donors (Lipinski definition) is 0. The second kappa shape index (κ2) is 8.66. The second-order valence-corrected chi connectivity index (χ2v) is 5.44. The number of aromatic nitrogens is 2. The molecule has 8 heteroatoms. The monoisotopic (exact) mass is 366 g/mol. The average molecular weight is 366 g/mol.